The van der Waals surface area contributed by atoms with Crippen LogP contribution in [-0.4, -0.2) is 34.7 Å². The molecule has 0 aliphatic rings. The highest BCUT2D eigenvalue weighted by Gasteiger charge is 2.22. The van der Waals surface area contributed by atoms with Gasteiger partial charge in [-0.05, 0) is 18.3 Å². The minimum absolute atomic E-state index is 0.137. The van der Waals surface area contributed by atoms with E-state index in [1.165, 1.54) is 12.3 Å². The molecule has 134 valence electrons. The molecule has 0 bridgehead atoms. The number of nitrogens with two attached hydrogens (primary N) is 1. The van der Waals surface area contributed by atoms with Crippen LogP contribution >= 0.6 is 0 Å². The Morgan fingerprint density at radius 3 is 2.58 bits per heavy atom. The summed E-state index contributed by atoms with van der Waals surface area (Å²) in [5.41, 5.74) is 5.63. The fraction of sp³-hybridized carbons (Fsp3) is 0.562. The third-order valence-corrected chi connectivity index (χ3v) is 3.24. The van der Waals surface area contributed by atoms with Gasteiger partial charge in [-0.15, -0.1) is 0 Å². The topological polar surface area (TPSA) is 124 Å². The molecule has 1 rings (SSSR count). The van der Waals surface area contributed by atoms with Crippen LogP contribution in [0.2, 0.25) is 0 Å². The van der Waals surface area contributed by atoms with Crippen LogP contribution in [0.15, 0.2) is 12.3 Å². The molecule has 0 aliphatic heterocycles. The Hall–Kier alpha value is -2.35. The highest BCUT2D eigenvalue weighted by molar-refractivity contribution is 5.95. The summed E-state index contributed by atoms with van der Waals surface area (Å²) < 4.78 is 10.3. The molecule has 0 fully saturated rings. The van der Waals surface area contributed by atoms with E-state index in [-0.39, 0.29) is 17.5 Å². The molecule has 0 unspecified atom stereocenters. The number of aromatic nitrogens is 1. The van der Waals surface area contributed by atoms with E-state index in [4.69, 9.17) is 15.2 Å². The standard InChI is InChI=1S/C16H25N3O5/c1-9(2)6-8-23-11-5-7-18-15(13(11)20)24-16(22)19-14(21)12(17)10(3)4/h5,7,9-10,12,20H,6,8,17H2,1-4H3,(H,19,21,22)/t12-/m0/s1. The van der Waals surface area contributed by atoms with E-state index in [1.54, 1.807) is 13.8 Å². The Balaban J connectivity index is 2.67. The van der Waals surface area contributed by atoms with Gasteiger partial charge >= 0.3 is 6.09 Å². The Kier molecular flexibility index (Phi) is 7.44. The zero-order valence-corrected chi connectivity index (χ0v) is 14.4. The van der Waals surface area contributed by atoms with Gasteiger partial charge in [-0.2, -0.15) is 0 Å². The Morgan fingerprint density at radius 2 is 2.00 bits per heavy atom. The molecule has 1 aromatic rings. The number of carbonyl (C=O) groups excluding carboxylic acids is 2. The van der Waals surface area contributed by atoms with E-state index in [2.05, 4.69) is 4.98 Å². The van der Waals surface area contributed by atoms with Gasteiger partial charge in [0.15, 0.2) is 5.75 Å². The number of hydrogen-bond donors (Lipinski definition) is 3. The lowest BCUT2D eigenvalue weighted by Gasteiger charge is -2.15. The summed E-state index contributed by atoms with van der Waals surface area (Å²) in [4.78, 5) is 27.2. The maximum Gasteiger partial charge on any atom is 0.420 e. The summed E-state index contributed by atoms with van der Waals surface area (Å²) in [5, 5.41) is 12.0. The van der Waals surface area contributed by atoms with Gasteiger partial charge in [0, 0.05) is 12.3 Å². The summed E-state index contributed by atoms with van der Waals surface area (Å²) in [5.74, 6) is -0.955. The molecule has 1 atom stereocenters. The van der Waals surface area contributed by atoms with Gasteiger partial charge in [-0.3, -0.25) is 10.1 Å². The number of rotatable bonds is 7. The minimum atomic E-state index is -1.07. The molecule has 8 nitrogen and oxygen atoms in total. The van der Waals surface area contributed by atoms with E-state index in [0.717, 1.165) is 6.42 Å². The van der Waals surface area contributed by atoms with Crippen LogP contribution in [0.1, 0.15) is 34.1 Å². The predicted octanol–water partition coefficient (Wildman–Crippen LogP) is 1.81. The zero-order valence-electron chi connectivity index (χ0n) is 14.4. The van der Waals surface area contributed by atoms with Crippen LogP contribution in [-0.2, 0) is 4.79 Å². The SMILES string of the molecule is CC(C)CCOc1ccnc(OC(=O)NC(=O)[C@@H](N)C(C)C)c1O. The maximum atomic E-state index is 11.7. The van der Waals surface area contributed by atoms with E-state index in [9.17, 15) is 14.7 Å². The molecule has 4 N–H and O–H groups in total. The van der Waals surface area contributed by atoms with Crippen LogP contribution in [0, 0.1) is 11.8 Å². The summed E-state index contributed by atoms with van der Waals surface area (Å²) in [6.45, 7) is 8.01. The van der Waals surface area contributed by atoms with Crippen molar-refractivity contribution < 1.29 is 24.2 Å². The summed E-state index contributed by atoms with van der Waals surface area (Å²) in [6.07, 6.45) is 1.06. The molecular weight excluding hydrogens is 314 g/mol. The second-order valence-corrected chi connectivity index (χ2v) is 6.14. The van der Waals surface area contributed by atoms with Crippen molar-refractivity contribution in [2.75, 3.05) is 6.61 Å². The van der Waals surface area contributed by atoms with Crippen molar-refractivity contribution in [2.45, 2.75) is 40.2 Å². The fourth-order valence-electron chi connectivity index (χ4n) is 1.61. The molecule has 1 heterocycles. The first-order valence-electron chi connectivity index (χ1n) is 7.81. The molecule has 8 heteroatoms. The molecule has 0 aromatic carbocycles. The fourth-order valence-corrected chi connectivity index (χ4v) is 1.61. The van der Waals surface area contributed by atoms with Crippen molar-refractivity contribution >= 4 is 12.0 Å². The Bertz CT molecular complexity index is 575. The molecule has 0 saturated carbocycles. The molecule has 24 heavy (non-hydrogen) atoms. The molecule has 2 amide bonds. The third kappa shape index (κ3) is 6.04. The van der Waals surface area contributed by atoms with Gasteiger partial charge in [-0.25, -0.2) is 9.78 Å². The lowest BCUT2D eigenvalue weighted by atomic mass is 10.1. The predicted molar refractivity (Wildman–Crippen MR) is 87.8 cm³/mol. The van der Waals surface area contributed by atoms with Gasteiger partial charge in [0.2, 0.25) is 11.7 Å². The van der Waals surface area contributed by atoms with Crippen LogP contribution in [0.3, 0.4) is 0 Å². The number of imide groups is 1. The number of ether oxygens (including phenoxy) is 2. The summed E-state index contributed by atoms with van der Waals surface area (Å²) in [7, 11) is 0. The van der Waals surface area contributed by atoms with Crippen LogP contribution in [0.5, 0.6) is 17.4 Å². The molecule has 1 aromatic heterocycles. The van der Waals surface area contributed by atoms with Crippen molar-refractivity contribution in [2.24, 2.45) is 17.6 Å². The van der Waals surface area contributed by atoms with E-state index in [0.29, 0.717) is 12.5 Å². The highest BCUT2D eigenvalue weighted by Crippen LogP contribution is 2.33. The first-order valence-corrected chi connectivity index (χ1v) is 7.81. The molecular formula is C16H25N3O5. The van der Waals surface area contributed by atoms with Crippen molar-refractivity contribution in [3.8, 4) is 17.4 Å². The lowest BCUT2D eigenvalue weighted by molar-refractivity contribution is -0.122. The van der Waals surface area contributed by atoms with Gasteiger partial charge in [-0.1, -0.05) is 27.7 Å². The number of aromatic hydroxyl groups is 1. The zero-order chi connectivity index (χ0) is 18.3. The second kappa shape index (κ2) is 9.07. The van der Waals surface area contributed by atoms with Crippen molar-refractivity contribution in [1.82, 2.24) is 10.3 Å². The third-order valence-electron chi connectivity index (χ3n) is 3.24. The quantitative estimate of drug-likeness (QED) is 0.692. The molecule has 0 spiro atoms. The smallest absolute Gasteiger partial charge is 0.420 e. The van der Waals surface area contributed by atoms with E-state index >= 15 is 0 Å². The van der Waals surface area contributed by atoms with Gasteiger partial charge in [0.05, 0.1) is 12.6 Å². The van der Waals surface area contributed by atoms with Crippen molar-refractivity contribution in [3.63, 3.8) is 0 Å². The highest BCUT2D eigenvalue weighted by atomic mass is 16.6. The monoisotopic (exact) mass is 339 g/mol. The van der Waals surface area contributed by atoms with Gasteiger partial charge in [0.1, 0.15) is 0 Å². The van der Waals surface area contributed by atoms with E-state index in [1.807, 2.05) is 19.2 Å². The normalized spacial score (nSPS) is 12.1. The van der Waals surface area contributed by atoms with Gasteiger partial charge in [0.25, 0.3) is 5.88 Å². The first-order chi connectivity index (χ1) is 11.2. The van der Waals surface area contributed by atoms with E-state index < -0.39 is 23.8 Å². The van der Waals surface area contributed by atoms with Crippen molar-refractivity contribution in [1.29, 1.82) is 0 Å². The Labute approximate surface area is 141 Å². The number of nitrogens with zero attached hydrogens (tertiary/aromatic N) is 1. The second-order valence-electron chi connectivity index (χ2n) is 6.14. The summed E-state index contributed by atoms with van der Waals surface area (Å²) >= 11 is 0. The largest absolute Gasteiger partial charge is 0.501 e. The number of nitrogens with one attached hydrogen (secondary N) is 1. The number of carbonyl (C=O) groups is 2. The van der Waals surface area contributed by atoms with Crippen LogP contribution in [0.4, 0.5) is 4.79 Å². The lowest BCUT2D eigenvalue weighted by Crippen LogP contribution is -2.47. The van der Waals surface area contributed by atoms with Crippen molar-refractivity contribution in [3.05, 3.63) is 12.3 Å². The van der Waals surface area contributed by atoms with Gasteiger partial charge < -0.3 is 20.3 Å². The maximum absolute atomic E-state index is 11.7. The molecule has 0 radical (unpaired) electrons. The number of hydrogen-bond acceptors (Lipinski definition) is 7. The van der Waals surface area contributed by atoms with Crippen LogP contribution in [0.25, 0.3) is 0 Å². The number of amides is 2. The molecule has 0 aliphatic carbocycles. The average Bonchev–Trinajstić information content (AvgIpc) is 2.49. The minimum Gasteiger partial charge on any atom is -0.501 e. The number of pyridine rings is 1. The average molecular weight is 339 g/mol. The van der Waals surface area contributed by atoms with Crippen LogP contribution < -0.4 is 20.5 Å². The summed E-state index contributed by atoms with van der Waals surface area (Å²) in [6, 6.07) is 0.616. The molecule has 0 saturated heterocycles. The first kappa shape index (κ1) is 19.7. The Morgan fingerprint density at radius 1 is 1.33 bits per heavy atom.